The van der Waals surface area contributed by atoms with Gasteiger partial charge in [0.05, 0.1) is 12.2 Å². The Labute approximate surface area is 163 Å². The highest BCUT2D eigenvalue weighted by Gasteiger charge is 2.15. The first-order valence-corrected chi connectivity index (χ1v) is 10.4. The molecule has 0 aliphatic rings. The van der Waals surface area contributed by atoms with Gasteiger partial charge in [0, 0.05) is 53.0 Å². The molecule has 5 aromatic heterocycles. The Morgan fingerprint density at radius 3 is 2.52 bits per heavy atom. The predicted octanol–water partition coefficient (Wildman–Crippen LogP) is 4.39. The predicted molar refractivity (Wildman–Crippen MR) is 108 cm³/mol. The summed E-state index contributed by atoms with van der Waals surface area (Å²) in [6, 6.07) is 4.15. The summed E-state index contributed by atoms with van der Waals surface area (Å²) in [5.74, 6) is 0.882. The van der Waals surface area contributed by atoms with Crippen LogP contribution in [0.15, 0.2) is 53.9 Å². The normalized spacial score (nSPS) is 11.4. The van der Waals surface area contributed by atoms with E-state index >= 15 is 0 Å². The summed E-state index contributed by atoms with van der Waals surface area (Å²) in [5, 5.41) is 5.91. The zero-order valence-corrected chi connectivity index (χ0v) is 16.2. The average molecular weight is 393 g/mol. The molecule has 0 aliphatic carbocycles. The molecule has 0 amide bonds. The highest BCUT2D eigenvalue weighted by atomic mass is 32.1. The minimum absolute atomic E-state index is 0.673. The summed E-state index contributed by atoms with van der Waals surface area (Å²) in [6.45, 7) is 2.84. The van der Waals surface area contributed by atoms with Crippen molar-refractivity contribution in [2.75, 3.05) is 0 Å². The van der Waals surface area contributed by atoms with E-state index in [1.165, 1.54) is 5.69 Å². The van der Waals surface area contributed by atoms with Crippen LogP contribution in [0.4, 0.5) is 0 Å². The first-order valence-electron chi connectivity index (χ1n) is 8.64. The Morgan fingerprint density at radius 2 is 1.78 bits per heavy atom. The first kappa shape index (κ1) is 16.3. The molecule has 5 heterocycles. The lowest BCUT2D eigenvalue weighted by Gasteiger charge is -2.06. The van der Waals surface area contributed by atoms with Gasteiger partial charge in [0.2, 0.25) is 0 Å². The van der Waals surface area contributed by atoms with Crippen LogP contribution in [-0.4, -0.2) is 28.9 Å². The fraction of sp³-hybridized carbons (Fsp3) is 0.158. The summed E-state index contributed by atoms with van der Waals surface area (Å²) >= 11 is 3.24. The van der Waals surface area contributed by atoms with Gasteiger partial charge in [-0.25, -0.2) is 19.9 Å². The van der Waals surface area contributed by atoms with Crippen molar-refractivity contribution in [3.8, 4) is 21.4 Å². The van der Waals surface area contributed by atoms with Gasteiger partial charge in [0.15, 0.2) is 10.8 Å². The summed E-state index contributed by atoms with van der Waals surface area (Å²) < 4.78 is 4.30. The number of fused-ring (bicyclic) bond motifs is 1. The van der Waals surface area contributed by atoms with Crippen molar-refractivity contribution in [1.82, 2.24) is 28.9 Å². The molecule has 0 radical (unpaired) electrons. The number of nitrogens with zero attached hydrogens (tertiary/aromatic N) is 6. The van der Waals surface area contributed by atoms with E-state index in [1.807, 2.05) is 35.5 Å². The van der Waals surface area contributed by atoms with Gasteiger partial charge >= 0.3 is 0 Å². The van der Waals surface area contributed by atoms with E-state index in [0.29, 0.717) is 6.54 Å². The highest BCUT2D eigenvalue weighted by molar-refractivity contribution is 7.13. The van der Waals surface area contributed by atoms with Gasteiger partial charge in [-0.05, 0) is 18.6 Å². The first-order chi connectivity index (χ1) is 13.3. The van der Waals surface area contributed by atoms with Crippen molar-refractivity contribution >= 4 is 28.3 Å². The second-order valence-electron chi connectivity index (χ2n) is 6.06. The SMILES string of the molecule is CCc1c(Cn2ccnc2-c2nccs2)nc2ccc(-c3nccs3)cn12. The second kappa shape index (κ2) is 6.71. The fourth-order valence-electron chi connectivity index (χ4n) is 3.27. The number of hydrogen-bond donors (Lipinski definition) is 0. The largest absolute Gasteiger partial charge is 0.323 e. The lowest BCUT2D eigenvalue weighted by Crippen LogP contribution is -2.04. The maximum Gasteiger partial charge on any atom is 0.169 e. The van der Waals surface area contributed by atoms with Gasteiger partial charge in [0.1, 0.15) is 10.7 Å². The summed E-state index contributed by atoms with van der Waals surface area (Å²) in [7, 11) is 0. The smallest absolute Gasteiger partial charge is 0.169 e. The van der Waals surface area contributed by atoms with Crippen molar-refractivity contribution in [3.05, 3.63) is 65.3 Å². The van der Waals surface area contributed by atoms with Crippen LogP contribution in [-0.2, 0) is 13.0 Å². The topological polar surface area (TPSA) is 60.9 Å². The molecule has 0 saturated heterocycles. The lowest BCUT2D eigenvalue weighted by molar-refractivity contribution is 0.772. The molecular weight excluding hydrogens is 376 g/mol. The number of aromatic nitrogens is 6. The van der Waals surface area contributed by atoms with Crippen molar-refractivity contribution in [2.45, 2.75) is 19.9 Å². The summed E-state index contributed by atoms with van der Waals surface area (Å²) in [4.78, 5) is 18.2. The highest BCUT2D eigenvalue weighted by Crippen LogP contribution is 2.25. The summed E-state index contributed by atoms with van der Waals surface area (Å²) in [6.07, 6.45) is 10.5. The maximum absolute atomic E-state index is 4.88. The van der Waals surface area contributed by atoms with E-state index in [0.717, 1.165) is 39.2 Å². The molecule has 0 atom stereocenters. The minimum Gasteiger partial charge on any atom is -0.323 e. The van der Waals surface area contributed by atoms with Crippen LogP contribution in [0.1, 0.15) is 18.3 Å². The van der Waals surface area contributed by atoms with Gasteiger partial charge in [-0.1, -0.05) is 6.92 Å². The Hall–Kier alpha value is -2.84. The molecule has 0 N–H and O–H groups in total. The number of thiazole rings is 2. The van der Waals surface area contributed by atoms with Crippen molar-refractivity contribution < 1.29 is 0 Å². The molecule has 0 aromatic carbocycles. The number of imidazole rings is 2. The molecular formula is C19H16N6S2. The number of hydrogen-bond acceptors (Lipinski definition) is 6. The molecule has 134 valence electrons. The molecule has 0 saturated carbocycles. The van der Waals surface area contributed by atoms with Crippen LogP contribution in [0.25, 0.3) is 27.1 Å². The molecule has 27 heavy (non-hydrogen) atoms. The van der Waals surface area contributed by atoms with Gasteiger partial charge in [-0.3, -0.25) is 0 Å². The third-order valence-electron chi connectivity index (χ3n) is 4.47. The Balaban J connectivity index is 1.57. The molecule has 5 aromatic rings. The van der Waals surface area contributed by atoms with Gasteiger partial charge in [-0.15, -0.1) is 22.7 Å². The van der Waals surface area contributed by atoms with E-state index in [-0.39, 0.29) is 0 Å². The van der Waals surface area contributed by atoms with E-state index < -0.39 is 0 Å². The molecule has 0 aliphatic heterocycles. The minimum atomic E-state index is 0.673. The van der Waals surface area contributed by atoms with Crippen molar-refractivity contribution in [2.24, 2.45) is 0 Å². The molecule has 8 heteroatoms. The van der Waals surface area contributed by atoms with E-state index in [1.54, 1.807) is 22.7 Å². The molecule has 0 unspecified atom stereocenters. The van der Waals surface area contributed by atoms with E-state index in [9.17, 15) is 0 Å². The third-order valence-corrected chi connectivity index (χ3v) is 6.06. The van der Waals surface area contributed by atoms with Crippen molar-refractivity contribution in [3.63, 3.8) is 0 Å². The van der Waals surface area contributed by atoms with Crippen LogP contribution in [0.2, 0.25) is 0 Å². The number of aryl methyl sites for hydroxylation is 1. The zero-order valence-electron chi connectivity index (χ0n) is 14.6. The van der Waals surface area contributed by atoms with Crippen LogP contribution in [0, 0.1) is 0 Å². The van der Waals surface area contributed by atoms with Crippen molar-refractivity contribution in [1.29, 1.82) is 0 Å². The number of rotatable bonds is 5. The van der Waals surface area contributed by atoms with Crippen LogP contribution < -0.4 is 0 Å². The molecule has 0 bridgehead atoms. The van der Waals surface area contributed by atoms with Gasteiger partial charge < -0.3 is 8.97 Å². The number of pyridine rings is 1. The fourth-order valence-corrected chi connectivity index (χ4v) is 4.54. The monoisotopic (exact) mass is 392 g/mol. The Morgan fingerprint density at radius 1 is 0.963 bits per heavy atom. The van der Waals surface area contributed by atoms with Gasteiger partial charge in [0.25, 0.3) is 0 Å². The van der Waals surface area contributed by atoms with E-state index in [4.69, 9.17) is 4.98 Å². The standard InChI is InChI=1S/C19H16N6S2/c1-2-15-14(12-24-8-5-20-17(24)19-22-7-10-27-19)23-16-4-3-13(11-25(15)16)18-21-6-9-26-18/h3-11H,2,12H2,1H3. The summed E-state index contributed by atoms with van der Waals surface area (Å²) in [5.41, 5.74) is 4.34. The van der Waals surface area contributed by atoms with Crippen LogP contribution in [0.5, 0.6) is 0 Å². The Kier molecular flexibility index (Phi) is 4.06. The zero-order chi connectivity index (χ0) is 18.2. The van der Waals surface area contributed by atoms with E-state index in [2.05, 4.69) is 49.2 Å². The Bertz CT molecular complexity index is 1180. The van der Waals surface area contributed by atoms with Crippen LogP contribution in [0.3, 0.4) is 0 Å². The third kappa shape index (κ3) is 2.87. The van der Waals surface area contributed by atoms with Crippen LogP contribution >= 0.6 is 22.7 Å². The molecule has 0 spiro atoms. The second-order valence-corrected chi connectivity index (χ2v) is 7.85. The average Bonchev–Trinajstić information content (AvgIpc) is 3.46. The maximum atomic E-state index is 4.88. The van der Waals surface area contributed by atoms with Gasteiger partial charge in [-0.2, -0.15) is 0 Å². The molecule has 5 rings (SSSR count). The lowest BCUT2D eigenvalue weighted by atomic mass is 10.2. The quantitative estimate of drug-likeness (QED) is 0.445. The molecule has 6 nitrogen and oxygen atoms in total. The molecule has 0 fully saturated rings.